The molecule has 0 radical (unpaired) electrons. The van der Waals surface area contributed by atoms with Gasteiger partial charge >= 0.3 is 11.8 Å². The van der Waals surface area contributed by atoms with Crippen molar-refractivity contribution in [2.24, 2.45) is 0 Å². The summed E-state index contributed by atoms with van der Waals surface area (Å²) in [7, 11) is 0. The van der Waals surface area contributed by atoms with Crippen molar-refractivity contribution in [2.45, 2.75) is 30.3 Å². The zero-order valence-electron chi connectivity index (χ0n) is 15.0. The summed E-state index contributed by atoms with van der Waals surface area (Å²) < 4.78 is 0. The first-order chi connectivity index (χ1) is 12.4. The van der Waals surface area contributed by atoms with Crippen LogP contribution in [0.3, 0.4) is 0 Å². The highest BCUT2D eigenvalue weighted by molar-refractivity contribution is 7.98. The zero-order chi connectivity index (χ0) is 19.0. The molecule has 2 amide bonds. The van der Waals surface area contributed by atoms with Gasteiger partial charge in [-0.3, -0.25) is 9.59 Å². The van der Waals surface area contributed by atoms with E-state index in [4.69, 9.17) is 0 Å². The topological polar surface area (TPSA) is 78.4 Å². The molecule has 2 rings (SSSR count). The molecule has 0 aliphatic rings. The lowest BCUT2D eigenvalue weighted by atomic mass is 9.97. The van der Waals surface area contributed by atoms with Crippen molar-refractivity contribution >= 4 is 29.3 Å². The number of aryl methyl sites for hydroxylation is 1. The van der Waals surface area contributed by atoms with Crippen LogP contribution in [0.4, 0.5) is 5.69 Å². The third-order valence-corrected chi connectivity index (χ3v) is 4.68. The molecule has 5 nitrogen and oxygen atoms in total. The lowest BCUT2D eigenvalue weighted by Gasteiger charge is -2.23. The van der Waals surface area contributed by atoms with Crippen LogP contribution in [0, 0.1) is 0 Å². The highest BCUT2D eigenvalue weighted by atomic mass is 32.2. The maximum atomic E-state index is 12.0. The van der Waals surface area contributed by atoms with E-state index >= 15 is 0 Å². The number of hydrogen-bond donors (Lipinski definition) is 3. The van der Waals surface area contributed by atoms with Gasteiger partial charge in [-0.2, -0.15) is 0 Å². The van der Waals surface area contributed by atoms with Crippen LogP contribution < -0.4 is 10.6 Å². The summed E-state index contributed by atoms with van der Waals surface area (Å²) in [6.45, 7) is 1.66. The Morgan fingerprint density at radius 3 is 2.50 bits per heavy atom. The zero-order valence-corrected chi connectivity index (χ0v) is 15.8. The molecule has 0 fully saturated rings. The molecule has 0 bridgehead atoms. The van der Waals surface area contributed by atoms with Crippen LogP contribution in [0.2, 0.25) is 0 Å². The van der Waals surface area contributed by atoms with E-state index in [2.05, 4.69) is 10.6 Å². The Bertz CT molecular complexity index is 748. The second-order valence-corrected chi connectivity index (χ2v) is 7.23. The van der Waals surface area contributed by atoms with Gasteiger partial charge in [-0.1, -0.05) is 36.4 Å². The SMILES string of the molecule is CSc1cccc(NC(=O)C(=O)NC[C@](C)(O)CCc2ccccc2)c1. The quantitative estimate of drug-likeness (QED) is 0.516. The number of anilines is 1. The molecule has 26 heavy (non-hydrogen) atoms. The van der Waals surface area contributed by atoms with Gasteiger partial charge in [0.15, 0.2) is 0 Å². The van der Waals surface area contributed by atoms with E-state index in [0.29, 0.717) is 18.5 Å². The molecule has 2 aromatic rings. The third-order valence-electron chi connectivity index (χ3n) is 3.96. The van der Waals surface area contributed by atoms with Gasteiger partial charge in [-0.15, -0.1) is 11.8 Å². The number of hydrogen-bond acceptors (Lipinski definition) is 4. The van der Waals surface area contributed by atoms with E-state index < -0.39 is 17.4 Å². The predicted molar refractivity (Wildman–Crippen MR) is 105 cm³/mol. The standard InChI is InChI=1S/C20H24N2O3S/c1-20(25,12-11-15-7-4-3-5-8-15)14-21-18(23)19(24)22-16-9-6-10-17(13-16)26-2/h3-10,13,25H,11-12,14H2,1-2H3,(H,21,23)(H,22,24)/t20-/m1/s1. The van der Waals surface area contributed by atoms with Crippen LogP contribution in [-0.2, 0) is 16.0 Å². The first-order valence-electron chi connectivity index (χ1n) is 8.39. The Kier molecular flexibility index (Phi) is 7.24. The molecule has 0 heterocycles. The third kappa shape index (κ3) is 6.54. The second-order valence-electron chi connectivity index (χ2n) is 6.35. The van der Waals surface area contributed by atoms with Gasteiger partial charge in [0, 0.05) is 17.1 Å². The van der Waals surface area contributed by atoms with Gasteiger partial charge in [-0.05, 0) is 49.8 Å². The molecule has 2 aromatic carbocycles. The number of benzene rings is 2. The summed E-state index contributed by atoms with van der Waals surface area (Å²) in [5.41, 5.74) is 0.586. The molecule has 0 unspecified atom stereocenters. The largest absolute Gasteiger partial charge is 0.388 e. The number of aliphatic hydroxyl groups is 1. The summed E-state index contributed by atoms with van der Waals surface area (Å²) in [6.07, 6.45) is 3.11. The van der Waals surface area contributed by atoms with Crippen LogP contribution >= 0.6 is 11.8 Å². The van der Waals surface area contributed by atoms with Crippen molar-refractivity contribution in [2.75, 3.05) is 18.1 Å². The molecular weight excluding hydrogens is 348 g/mol. The fourth-order valence-electron chi connectivity index (χ4n) is 2.39. The maximum absolute atomic E-state index is 12.0. The number of carbonyl (C=O) groups is 2. The molecule has 0 aromatic heterocycles. The minimum atomic E-state index is -1.09. The number of nitrogens with one attached hydrogen (secondary N) is 2. The van der Waals surface area contributed by atoms with Crippen LogP contribution in [0.5, 0.6) is 0 Å². The molecule has 3 N–H and O–H groups in total. The minimum absolute atomic E-state index is 0.0109. The van der Waals surface area contributed by atoms with Gasteiger partial charge < -0.3 is 15.7 Å². The Hall–Kier alpha value is -2.31. The number of amides is 2. The molecule has 0 saturated carbocycles. The number of carbonyl (C=O) groups excluding carboxylic acids is 2. The highest BCUT2D eigenvalue weighted by Crippen LogP contribution is 2.19. The van der Waals surface area contributed by atoms with Crippen molar-refractivity contribution < 1.29 is 14.7 Å². The lowest BCUT2D eigenvalue weighted by Crippen LogP contribution is -2.44. The van der Waals surface area contributed by atoms with E-state index in [1.165, 1.54) is 0 Å². The minimum Gasteiger partial charge on any atom is -0.388 e. The normalized spacial score (nSPS) is 12.9. The fourth-order valence-corrected chi connectivity index (χ4v) is 2.85. The summed E-state index contributed by atoms with van der Waals surface area (Å²) in [4.78, 5) is 25.0. The number of thioether (sulfide) groups is 1. The van der Waals surface area contributed by atoms with Gasteiger partial charge in [0.05, 0.1) is 5.60 Å². The lowest BCUT2D eigenvalue weighted by molar-refractivity contribution is -0.136. The Morgan fingerprint density at radius 1 is 1.08 bits per heavy atom. The van der Waals surface area contributed by atoms with Crippen molar-refractivity contribution in [3.8, 4) is 0 Å². The second kappa shape index (κ2) is 9.40. The predicted octanol–water partition coefficient (Wildman–Crippen LogP) is 2.85. The van der Waals surface area contributed by atoms with E-state index in [0.717, 1.165) is 10.5 Å². The molecule has 1 atom stereocenters. The maximum Gasteiger partial charge on any atom is 0.313 e. The van der Waals surface area contributed by atoms with Crippen LogP contribution in [0.15, 0.2) is 59.5 Å². The van der Waals surface area contributed by atoms with Crippen molar-refractivity contribution in [1.29, 1.82) is 0 Å². The molecule has 0 saturated heterocycles. The monoisotopic (exact) mass is 372 g/mol. The van der Waals surface area contributed by atoms with E-state index in [-0.39, 0.29) is 6.54 Å². The number of rotatable bonds is 7. The average molecular weight is 372 g/mol. The molecule has 0 aliphatic carbocycles. The Morgan fingerprint density at radius 2 is 1.81 bits per heavy atom. The van der Waals surface area contributed by atoms with Gasteiger partial charge in [0.1, 0.15) is 0 Å². The first-order valence-corrected chi connectivity index (χ1v) is 9.62. The van der Waals surface area contributed by atoms with Crippen molar-refractivity contribution in [3.05, 3.63) is 60.2 Å². The average Bonchev–Trinajstić information content (AvgIpc) is 2.65. The van der Waals surface area contributed by atoms with E-state index in [9.17, 15) is 14.7 Å². The molecule has 138 valence electrons. The molecular formula is C20H24N2O3S. The molecule has 0 spiro atoms. The highest BCUT2D eigenvalue weighted by Gasteiger charge is 2.23. The van der Waals surface area contributed by atoms with Crippen LogP contribution in [-0.4, -0.2) is 35.3 Å². The van der Waals surface area contributed by atoms with E-state index in [1.807, 2.05) is 48.7 Å². The molecule has 6 heteroatoms. The van der Waals surface area contributed by atoms with Crippen molar-refractivity contribution in [1.82, 2.24) is 5.32 Å². The van der Waals surface area contributed by atoms with Crippen LogP contribution in [0.1, 0.15) is 18.9 Å². The Labute approximate surface area is 158 Å². The first kappa shape index (κ1) is 20.0. The summed E-state index contributed by atoms with van der Waals surface area (Å²) in [5, 5.41) is 15.5. The fraction of sp³-hybridized carbons (Fsp3) is 0.300. The van der Waals surface area contributed by atoms with Gasteiger partial charge in [-0.25, -0.2) is 0 Å². The summed E-state index contributed by atoms with van der Waals surface area (Å²) in [5.74, 6) is -1.51. The van der Waals surface area contributed by atoms with Gasteiger partial charge in [0.25, 0.3) is 0 Å². The smallest absolute Gasteiger partial charge is 0.313 e. The van der Waals surface area contributed by atoms with E-state index in [1.54, 1.807) is 30.8 Å². The summed E-state index contributed by atoms with van der Waals surface area (Å²) in [6, 6.07) is 17.1. The Balaban J connectivity index is 1.81. The summed E-state index contributed by atoms with van der Waals surface area (Å²) >= 11 is 1.55. The van der Waals surface area contributed by atoms with Gasteiger partial charge in [0.2, 0.25) is 0 Å². The van der Waals surface area contributed by atoms with Crippen LogP contribution in [0.25, 0.3) is 0 Å². The molecule has 0 aliphatic heterocycles. The van der Waals surface area contributed by atoms with Crippen molar-refractivity contribution in [3.63, 3.8) is 0 Å².